The van der Waals surface area contributed by atoms with Crippen molar-refractivity contribution in [3.63, 3.8) is 0 Å². The van der Waals surface area contributed by atoms with Gasteiger partial charge in [0.2, 0.25) is 15.9 Å². The highest BCUT2D eigenvalue weighted by atomic mass is 32.2. The van der Waals surface area contributed by atoms with Gasteiger partial charge in [-0.3, -0.25) is 14.9 Å². The van der Waals surface area contributed by atoms with Crippen LogP contribution in [0.1, 0.15) is 31.7 Å². The normalized spacial score (nSPS) is 27.1. The molecule has 1 spiro atoms. The molecule has 112 valence electrons. The van der Waals surface area contributed by atoms with Crippen LogP contribution >= 0.6 is 0 Å². The van der Waals surface area contributed by atoms with Crippen molar-refractivity contribution in [2.24, 2.45) is 0 Å². The number of nitrogens with zero attached hydrogens (tertiary/aromatic N) is 1. The zero-order valence-electron chi connectivity index (χ0n) is 11.6. The molecule has 0 saturated carbocycles. The van der Waals surface area contributed by atoms with E-state index in [4.69, 9.17) is 0 Å². The molecule has 2 heterocycles. The van der Waals surface area contributed by atoms with Crippen molar-refractivity contribution in [1.82, 2.24) is 9.62 Å². The fraction of sp³-hybridized carbons (Fsp3) is 0.429. The molecule has 7 heteroatoms. The lowest BCUT2D eigenvalue weighted by Gasteiger charge is -2.30. The third-order valence-corrected chi connectivity index (χ3v) is 6.07. The van der Waals surface area contributed by atoms with E-state index in [2.05, 4.69) is 5.32 Å². The molecule has 2 aliphatic rings. The average molecular weight is 308 g/mol. The van der Waals surface area contributed by atoms with Gasteiger partial charge < -0.3 is 0 Å². The minimum Gasteiger partial charge on any atom is -0.294 e. The summed E-state index contributed by atoms with van der Waals surface area (Å²) in [7, 11) is -3.75. The van der Waals surface area contributed by atoms with Crippen LogP contribution in [0, 0.1) is 0 Å². The molecule has 21 heavy (non-hydrogen) atoms. The van der Waals surface area contributed by atoms with Crippen LogP contribution in [0.25, 0.3) is 0 Å². The van der Waals surface area contributed by atoms with Gasteiger partial charge in [-0.1, -0.05) is 31.5 Å². The van der Waals surface area contributed by atoms with Gasteiger partial charge >= 0.3 is 0 Å². The largest absolute Gasteiger partial charge is 0.294 e. The predicted molar refractivity (Wildman–Crippen MR) is 74.7 cm³/mol. The first-order chi connectivity index (χ1) is 9.94. The summed E-state index contributed by atoms with van der Waals surface area (Å²) in [6, 6.07) is 6.43. The maximum atomic E-state index is 12.7. The van der Waals surface area contributed by atoms with Gasteiger partial charge in [0.25, 0.3) is 5.91 Å². The predicted octanol–water partition coefficient (Wildman–Crippen LogP) is 0.733. The summed E-state index contributed by atoms with van der Waals surface area (Å²) in [5.74, 6) is -0.981. The number of fused-ring (bicyclic) bond motifs is 2. The minimum absolute atomic E-state index is 0.131. The van der Waals surface area contributed by atoms with E-state index in [0.717, 1.165) is 6.42 Å². The van der Waals surface area contributed by atoms with Crippen molar-refractivity contribution >= 4 is 21.8 Å². The lowest BCUT2D eigenvalue weighted by molar-refractivity contribution is -0.128. The van der Waals surface area contributed by atoms with Crippen molar-refractivity contribution in [2.45, 2.75) is 36.6 Å². The van der Waals surface area contributed by atoms with E-state index in [1.807, 2.05) is 6.92 Å². The lowest BCUT2D eigenvalue weighted by atomic mass is 9.88. The van der Waals surface area contributed by atoms with Gasteiger partial charge in [0, 0.05) is 12.1 Å². The van der Waals surface area contributed by atoms with Crippen molar-refractivity contribution in [1.29, 1.82) is 0 Å². The number of carbonyl (C=O) groups is 2. The second-order valence-corrected chi connectivity index (χ2v) is 7.17. The number of amides is 2. The summed E-state index contributed by atoms with van der Waals surface area (Å²) in [6.07, 6.45) is 1.29. The van der Waals surface area contributed by atoms with Crippen LogP contribution in [0.5, 0.6) is 0 Å². The summed E-state index contributed by atoms with van der Waals surface area (Å²) < 4.78 is 26.7. The first kappa shape index (κ1) is 14.2. The highest BCUT2D eigenvalue weighted by molar-refractivity contribution is 7.89. The van der Waals surface area contributed by atoms with Crippen LogP contribution < -0.4 is 5.32 Å². The minimum atomic E-state index is -3.75. The van der Waals surface area contributed by atoms with Crippen LogP contribution in [-0.4, -0.2) is 31.1 Å². The summed E-state index contributed by atoms with van der Waals surface area (Å²) in [5, 5.41) is 2.25. The number of hydrogen-bond donors (Lipinski definition) is 1. The van der Waals surface area contributed by atoms with E-state index in [1.165, 1.54) is 10.4 Å². The maximum Gasteiger partial charge on any atom is 0.253 e. The Bertz CT molecular complexity index is 728. The molecule has 6 nitrogen and oxygen atoms in total. The Morgan fingerprint density at radius 1 is 1.29 bits per heavy atom. The maximum absolute atomic E-state index is 12.7. The van der Waals surface area contributed by atoms with Gasteiger partial charge in [0.15, 0.2) is 0 Å². The fourth-order valence-corrected chi connectivity index (χ4v) is 5.14. The van der Waals surface area contributed by atoms with Crippen LogP contribution in [-0.2, 0) is 25.2 Å². The summed E-state index contributed by atoms with van der Waals surface area (Å²) in [6.45, 7) is 2.18. The quantitative estimate of drug-likeness (QED) is 0.835. The second-order valence-electron chi connectivity index (χ2n) is 5.34. The monoisotopic (exact) mass is 308 g/mol. The molecule has 0 radical (unpaired) electrons. The third-order valence-electron chi connectivity index (χ3n) is 4.09. The van der Waals surface area contributed by atoms with E-state index < -0.39 is 27.4 Å². The van der Waals surface area contributed by atoms with E-state index in [9.17, 15) is 18.0 Å². The molecule has 1 aromatic carbocycles. The molecule has 1 atom stereocenters. The molecule has 2 amide bonds. The van der Waals surface area contributed by atoms with Crippen LogP contribution in [0.15, 0.2) is 29.2 Å². The average Bonchev–Trinajstić information content (AvgIpc) is 2.83. The number of nitrogens with one attached hydrogen (secondary N) is 1. The number of carbonyl (C=O) groups excluding carboxylic acids is 2. The molecule has 1 N–H and O–H groups in total. The summed E-state index contributed by atoms with van der Waals surface area (Å²) in [4.78, 5) is 24.2. The molecule has 1 saturated heterocycles. The van der Waals surface area contributed by atoms with E-state index >= 15 is 0 Å². The molecule has 1 fully saturated rings. The molecular formula is C14H16N2O4S. The Kier molecular flexibility index (Phi) is 3.14. The van der Waals surface area contributed by atoms with Gasteiger partial charge in [0.1, 0.15) is 5.54 Å². The van der Waals surface area contributed by atoms with Crippen LogP contribution in [0.4, 0.5) is 0 Å². The van der Waals surface area contributed by atoms with Gasteiger partial charge in [-0.05, 0) is 12.5 Å². The van der Waals surface area contributed by atoms with Crippen molar-refractivity contribution < 1.29 is 18.0 Å². The van der Waals surface area contributed by atoms with Gasteiger partial charge in [0.05, 0.1) is 11.3 Å². The van der Waals surface area contributed by atoms with E-state index in [1.54, 1.807) is 18.2 Å². The van der Waals surface area contributed by atoms with Crippen molar-refractivity contribution in [2.75, 3.05) is 6.54 Å². The lowest BCUT2D eigenvalue weighted by Crippen LogP contribution is -2.49. The molecule has 1 unspecified atom stereocenters. The van der Waals surface area contributed by atoms with Gasteiger partial charge in [-0.15, -0.1) is 0 Å². The summed E-state index contributed by atoms with van der Waals surface area (Å²) >= 11 is 0. The SMILES string of the molecule is CCCCN1C2(CC(=O)NC2=O)c2ccccc2S1(=O)=O. The van der Waals surface area contributed by atoms with Crippen LogP contribution in [0.2, 0.25) is 0 Å². The molecule has 3 rings (SSSR count). The Morgan fingerprint density at radius 3 is 2.62 bits per heavy atom. The Morgan fingerprint density at radius 2 is 2.00 bits per heavy atom. The Balaban J connectivity index is 2.24. The number of unbranched alkanes of at least 4 members (excludes halogenated alkanes) is 1. The molecule has 0 bridgehead atoms. The van der Waals surface area contributed by atoms with Crippen molar-refractivity contribution in [3.05, 3.63) is 29.8 Å². The Hall–Kier alpha value is -1.73. The molecule has 2 aliphatic heterocycles. The Labute approximate surface area is 123 Å². The molecule has 0 aromatic heterocycles. The van der Waals surface area contributed by atoms with E-state index in [-0.39, 0.29) is 17.9 Å². The smallest absolute Gasteiger partial charge is 0.253 e. The number of benzene rings is 1. The number of sulfonamides is 1. The van der Waals surface area contributed by atoms with Gasteiger partial charge in [-0.2, -0.15) is 4.31 Å². The van der Waals surface area contributed by atoms with Crippen LogP contribution in [0.3, 0.4) is 0 Å². The zero-order chi connectivity index (χ0) is 15.3. The topological polar surface area (TPSA) is 83.6 Å². The highest BCUT2D eigenvalue weighted by Crippen LogP contribution is 2.48. The third kappa shape index (κ3) is 1.77. The highest BCUT2D eigenvalue weighted by Gasteiger charge is 2.62. The molecular weight excluding hydrogens is 292 g/mol. The zero-order valence-corrected chi connectivity index (χ0v) is 12.4. The second kappa shape index (κ2) is 4.64. The molecule has 1 aromatic rings. The fourth-order valence-electron chi connectivity index (χ4n) is 3.11. The van der Waals surface area contributed by atoms with Crippen molar-refractivity contribution in [3.8, 4) is 0 Å². The molecule has 0 aliphatic carbocycles. The summed E-state index contributed by atoms with van der Waals surface area (Å²) in [5.41, 5.74) is -0.994. The number of imide groups is 1. The first-order valence-corrected chi connectivity index (χ1v) is 8.35. The number of hydrogen-bond acceptors (Lipinski definition) is 4. The van der Waals surface area contributed by atoms with Gasteiger partial charge in [-0.25, -0.2) is 8.42 Å². The van der Waals surface area contributed by atoms with E-state index in [0.29, 0.717) is 12.0 Å². The first-order valence-electron chi connectivity index (χ1n) is 6.91. The number of rotatable bonds is 3. The standard InChI is InChI=1S/C14H16N2O4S/c1-2-3-8-16-14(9-12(17)15-13(14)18)10-6-4-5-7-11(10)21(16,19)20/h4-7H,2-3,8-9H2,1H3,(H,15,17,18).